The molecule has 0 radical (unpaired) electrons. The van der Waals surface area contributed by atoms with Gasteiger partial charge in [0.15, 0.2) is 0 Å². The molecule has 1 aromatic rings. The Morgan fingerprint density at radius 3 is 2.60 bits per heavy atom. The average molecular weight is 295 g/mol. The number of aromatic nitrogens is 2. The number of sulfonamides is 1. The first-order valence-corrected chi connectivity index (χ1v) is 8.96. The van der Waals surface area contributed by atoms with Gasteiger partial charge in [-0.1, -0.05) is 19.3 Å². The fourth-order valence-electron chi connectivity index (χ4n) is 3.39. The van der Waals surface area contributed by atoms with Crippen LogP contribution >= 0.6 is 0 Å². The van der Waals surface area contributed by atoms with Crippen molar-refractivity contribution in [2.24, 2.45) is 0 Å². The van der Waals surface area contributed by atoms with E-state index >= 15 is 0 Å². The number of rotatable bonds is 3. The molecule has 0 aromatic carbocycles. The van der Waals surface area contributed by atoms with Gasteiger partial charge in [0.2, 0.25) is 10.0 Å². The summed E-state index contributed by atoms with van der Waals surface area (Å²) < 4.78 is 27.4. The molecule has 0 amide bonds. The summed E-state index contributed by atoms with van der Waals surface area (Å²) >= 11 is 0. The van der Waals surface area contributed by atoms with Gasteiger partial charge in [0.05, 0.1) is 17.0 Å². The van der Waals surface area contributed by atoms with E-state index in [1.807, 2.05) is 6.07 Å². The molecule has 1 saturated carbocycles. The normalized spacial score (nSPS) is 25.9. The van der Waals surface area contributed by atoms with Gasteiger partial charge in [0.25, 0.3) is 0 Å². The van der Waals surface area contributed by atoms with Crippen LogP contribution in [-0.4, -0.2) is 34.5 Å². The first-order chi connectivity index (χ1) is 9.69. The SMILES string of the molecule is O=S(=O)(C1CCCCC1)N1CCCC1c1ccncn1. The van der Waals surface area contributed by atoms with Crippen molar-refractivity contribution in [2.45, 2.75) is 56.2 Å². The molecule has 1 saturated heterocycles. The summed E-state index contributed by atoms with van der Waals surface area (Å²) in [5.41, 5.74) is 0.830. The van der Waals surface area contributed by atoms with Crippen molar-refractivity contribution in [3.05, 3.63) is 24.3 Å². The van der Waals surface area contributed by atoms with Crippen molar-refractivity contribution in [2.75, 3.05) is 6.54 Å². The maximum absolute atomic E-state index is 12.9. The zero-order valence-corrected chi connectivity index (χ0v) is 12.4. The second-order valence-electron chi connectivity index (χ2n) is 5.71. The Bertz CT molecular complexity index is 541. The lowest BCUT2D eigenvalue weighted by Crippen LogP contribution is -2.39. The summed E-state index contributed by atoms with van der Waals surface area (Å²) in [5, 5.41) is -0.182. The second-order valence-corrected chi connectivity index (χ2v) is 7.87. The van der Waals surface area contributed by atoms with E-state index in [9.17, 15) is 8.42 Å². The molecule has 0 bridgehead atoms. The molecule has 20 heavy (non-hydrogen) atoms. The van der Waals surface area contributed by atoms with Gasteiger partial charge in [-0.15, -0.1) is 0 Å². The molecule has 1 atom stereocenters. The Balaban J connectivity index is 1.84. The van der Waals surface area contributed by atoms with Gasteiger partial charge >= 0.3 is 0 Å². The van der Waals surface area contributed by atoms with Crippen molar-refractivity contribution < 1.29 is 8.42 Å². The Hall–Kier alpha value is -1.01. The molecule has 2 heterocycles. The van der Waals surface area contributed by atoms with E-state index in [4.69, 9.17) is 0 Å². The lowest BCUT2D eigenvalue weighted by atomic mass is 10.0. The topological polar surface area (TPSA) is 63.2 Å². The van der Waals surface area contributed by atoms with Gasteiger partial charge in [-0.3, -0.25) is 0 Å². The minimum Gasteiger partial charge on any atom is -0.245 e. The molecule has 2 aliphatic rings. The predicted octanol–water partition coefficient (Wildman–Crippen LogP) is 2.28. The van der Waals surface area contributed by atoms with Crippen LogP contribution in [0.15, 0.2) is 18.6 Å². The van der Waals surface area contributed by atoms with Crippen molar-refractivity contribution in [1.82, 2.24) is 14.3 Å². The van der Waals surface area contributed by atoms with E-state index in [1.165, 1.54) is 12.7 Å². The van der Waals surface area contributed by atoms with Crippen LogP contribution < -0.4 is 0 Å². The third-order valence-corrected chi connectivity index (χ3v) is 6.85. The highest BCUT2D eigenvalue weighted by molar-refractivity contribution is 7.89. The van der Waals surface area contributed by atoms with Crippen LogP contribution in [0.25, 0.3) is 0 Å². The van der Waals surface area contributed by atoms with Crippen molar-refractivity contribution in [3.63, 3.8) is 0 Å². The number of nitrogens with zero attached hydrogens (tertiary/aromatic N) is 3. The Morgan fingerprint density at radius 2 is 1.90 bits per heavy atom. The molecule has 0 N–H and O–H groups in total. The van der Waals surface area contributed by atoms with Crippen LogP contribution in [0, 0.1) is 0 Å². The van der Waals surface area contributed by atoms with Crippen molar-refractivity contribution in [3.8, 4) is 0 Å². The largest absolute Gasteiger partial charge is 0.245 e. The summed E-state index contributed by atoms with van der Waals surface area (Å²) in [6.45, 7) is 0.632. The highest BCUT2D eigenvalue weighted by Crippen LogP contribution is 2.37. The monoisotopic (exact) mass is 295 g/mol. The van der Waals surface area contributed by atoms with E-state index in [0.717, 1.165) is 44.2 Å². The zero-order chi connectivity index (χ0) is 14.0. The molecule has 0 spiro atoms. The molecular formula is C14H21N3O2S. The average Bonchev–Trinajstić information content (AvgIpc) is 2.99. The van der Waals surface area contributed by atoms with Gasteiger partial charge in [-0.2, -0.15) is 4.31 Å². The van der Waals surface area contributed by atoms with E-state index in [-0.39, 0.29) is 11.3 Å². The van der Waals surface area contributed by atoms with Crippen LogP contribution in [0.1, 0.15) is 56.7 Å². The molecule has 1 aliphatic heterocycles. The minimum absolute atomic E-state index is 0.0927. The molecule has 3 rings (SSSR count). The van der Waals surface area contributed by atoms with E-state index in [1.54, 1.807) is 10.5 Å². The van der Waals surface area contributed by atoms with Crippen molar-refractivity contribution in [1.29, 1.82) is 0 Å². The van der Waals surface area contributed by atoms with Crippen LogP contribution in [0.5, 0.6) is 0 Å². The quantitative estimate of drug-likeness (QED) is 0.858. The third kappa shape index (κ3) is 2.59. The summed E-state index contributed by atoms with van der Waals surface area (Å²) in [7, 11) is -3.19. The van der Waals surface area contributed by atoms with Gasteiger partial charge in [-0.25, -0.2) is 18.4 Å². The molecule has 6 heteroatoms. The first kappa shape index (κ1) is 13.9. The highest BCUT2D eigenvalue weighted by Gasteiger charge is 2.40. The fraction of sp³-hybridized carbons (Fsp3) is 0.714. The Labute approximate surface area is 120 Å². The smallest absolute Gasteiger partial charge is 0.217 e. The number of hydrogen-bond acceptors (Lipinski definition) is 4. The second kappa shape index (κ2) is 5.77. The third-order valence-electron chi connectivity index (χ3n) is 4.45. The lowest BCUT2D eigenvalue weighted by Gasteiger charge is -2.30. The van der Waals surface area contributed by atoms with Gasteiger partial charge in [-0.05, 0) is 31.7 Å². The molecule has 1 aromatic heterocycles. The standard InChI is InChI=1S/C14H21N3O2S/c18-20(19,12-5-2-1-3-6-12)17-10-4-7-14(17)13-8-9-15-11-16-13/h8-9,11-12,14H,1-7,10H2. The van der Waals surface area contributed by atoms with Crippen LogP contribution in [-0.2, 0) is 10.0 Å². The molecule has 1 unspecified atom stereocenters. The van der Waals surface area contributed by atoms with E-state index in [2.05, 4.69) is 9.97 Å². The van der Waals surface area contributed by atoms with Crippen LogP contribution in [0.3, 0.4) is 0 Å². The summed E-state index contributed by atoms with van der Waals surface area (Å²) in [6, 6.07) is 1.74. The summed E-state index contributed by atoms with van der Waals surface area (Å²) in [5.74, 6) is 0. The molecule has 2 fully saturated rings. The lowest BCUT2D eigenvalue weighted by molar-refractivity contribution is 0.370. The van der Waals surface area contributed by atoms with Gasteiger partial charge in [0, 0.05) is 12.7 Å². The molecular weight excluding hydrogens is 274 g/mol. The maximum atomic E-state index is 12.9. The molecule has 5 nitrogen and oxygen atoms in total. The minimum atomic E-state index is -3.19. The van der Waals surface area contributed by atoms with Crippen LogP contribution in [0.4, 0.5) is 0 Å². The van der Waals surface area contributed by atoms with Gasteiger partial charge in [0.1, 0.15) is 6.33 Å². The highest BCUT2D eigenvalue weighted by atomic mass is 32.2. The summed E-state index contributed by atoms with van der Waals surface area (Å²) in [4.78, 5) is 8.17. The van der Waals surface area contributed by atoms with Gasteiger partial charge < -0.3 is 0 Å². The Kier molecular flexibility index (Phi) is 4.03. The van der Waals surface area contributed by atoms with E-state index in [0.29, 0.717) is 6.54 Å². The molecule has 110 valence electrons. The van der Waals surface area contributed by atoms with Crippen molar-refractivity contribution >= 4 is 10.0 Å². The maximum Gasteiger partial charge on any atom is 0.217 e. The summed E-state index contributed by atoms with van der Waals surface area (Å²) in [6.07, 6.45) is 9.84. The van der Waals surface area contributed by atoms with Crippen LogP contribution in [0.2, 0.25) is 0 Å². The number of hydrogen-bond donors (Lipinski definition) is 0. The zero-order valence-electron chi connectivity index (χ0n) is 11.6. The first-order valence-electron chi connectivity index (χ1n) is 7.46. The fourth-order valence-corrected chi connectivity index (χ4v) is 5.66. The molecule has 1 aliphatic carbocycles. The Morgan fingerprint density at radius 1 is 1.10 bits per heavy atom. The van der Waals surface area contributed by atoms with E-state index < -0.39 is 10.0 Å². The predicted molar refractivity (Wildman–Crippen MR) is 76.5 cm³/mol.